The van der Waals surface area contributed by atoms with Crippen molar-refractivity contribution in [3.63, 3.8) is 0 Å². The van der Waals surface area contributed by atoms with E-state index in [9.17, 15) is 4.79 Å². The molecule has 1 atom stereocenters. The molecule has 136 valence electrons. The number of carbonyl (C=O) groups excluding carboxylic acids is 1. The van der Waals surface area contributed by atoms with Crippen molar-refractivity contribution in [2.45, 2.75) is 66.1 Å². The van der Waals surface area contributed by atoms with E-state index in [2.05, 4.69) is 48.1 Å². The SMILES string of the molecule is CCCC(=O)Nc1ccc(CN[C@@H](C)c2cnn(C(C)C)c2C)cc1. The van der Waals surface area contributed by atoms with Gasteiger partial charge in [0.2, 0.25) is 5.91 Å². The molecular weight excluding hydrogens is 312 g/mol. The van der Waals surface area contributed by atoms with E-state index < -0.39 is 0 Å². The first-order valence-corrected chi connectivity index (χ1v) is 9.08. The van der Waals surface area contributed by atoms with Crippen molar-refractivity contribution < 1.29 is 4.79 Å². The summed E-state index contributed by atoms with van der Waals surface area (Å²) in [7, 11) is 0. The predicted molar refractivity (Wildman–Crippen MR) is 103 cm³/mol. The Kier molecular flexibility index (Phi) is 6.76. The van der Waals surface area contributed by atoms with Crippen LogP contribution in [-0.2, 0) is 11.3 Å². The summed E-state index contributed by atoms with van der Waals surface area (Å²) in [6.45, 7) is 11.3. The van der Waals surface area contributed by atoms with E-state index in [4.69, 9.17) is 0 Å². The van der Waals surface area contributed by atoms with Crippen LogP contribution < -0.4 is 10.6 Å². The second-order valence-corrected chi connectivity index (χ2v) is 6.82. The lowest BCUT2D eigenvalue weighted by molar-refractivity contribution is -0.116. The van der Waals surface area contributed by atoms with Gasteiger partial charge >= 0.3 is 0 Å². The van der Waals surface area contributed by atoms with Gasteiger partial charge in [-0.1, -0.05) is 19.1 Å². The van der Waals surface area contributed by atoms with Gasteiger partial charge in [0.05, 0.1) is 6.20 Å². The van der Waals surface area contributed by atoms with Crippen molar-refractivity contribution in [2.24, 2.45) is 0 Å². The maximum Gasteiger partial charge on any atom is 0.224 e. The highest BCUT2D eigenvalue weighted by Gasteiger charge is 2.14. The molecule has 0 saturated heterocycles. The molecule has 1 amide bonds. The molecule has 2 aromatic rings. The minimum Gasteiger partial charge on any atom is -0.326 e. The highest BCUT2D eigenvalue weighted by atomic mass is 16.1. The molecule has 0 spiro atoms. The molecule has 2 N–H and O–H groups in total. The zero-order valence-electron chi connectivity index (χ0n) is 16.0. The summed E-state index contributed by atoms with van der Waals surface area (Å²) in [6, 6.07) is 8.61. The molecule has 0 unspecified atom stereocenters. The van der Waals surface area contributed by atoms with Crippen LogP contribution in [0.1, 0.15) is 69.4 Å². The van der Waals surface area contributed by atoms with E-state index in [0.717, 1.165) is 18.7 Å². The molecule has 0 radical (unpaired) electrons. The molecule has 5 heteroatoms. The fourth-order valence-corrected chi connectivity index (χ4v) is 2.92. The van der Waals surface area contributed by atoms with E-state index in [1.165, 1.54) is 16.8 Å². The van der Waals surface area contributed by atoms with Gasteiger partial charge in [-0.25, -0.2) is 0 Å². The Labute approximate surface area is 150 Å². The standard InChI is InChI=1S/C20H30N4O/c1-6-7-20(25)23-18-10-8-17(9-11-18)12-21-15(4)19-13-22-24(14(2)3)16(19)5/h8-11,13-15,21H,6-7,12H2,1-5H3,(H,23,25)/t15-/m0/s1. The summed E-state index contributed by atoms with van der Waals surface area (Å²) in [5, 5.41) is 10.9. The summed E-state index contributed by atoms with van der Waals surface area (Å²) < 4.78 is 2.06. The van der Waals surface area contributed by atoms with Crippen LogP contribution >= 0.6 is 0 Å². The Morgan fingerprint density at radius 2 is 1.88 bits per heavy atom. The topological polar surface area (TPSA) is 59.0 Å². The lowest BCUT2D eigenvalue weighted by Gasteiger charge is -2.15. The first kappa shape index (κ1) is 19.2. The minimum atomic E-state index is 0.0691. The average molecular weight is 342 g/mol. The third-order valence-electron chi connectivity index (χ3n) is 4.37. The molecule has 1 aromatic carbocycles. The molecular formula is C20H30N4O. The van der Waals surface area contributed by atoms with Gasteiger partial charge < -0.3 is 10.6 Å². The van der Waals surface area contributed by atoms with Crippen molar-refractivity contribution in [1.82, 2.24) is 15.1 Å². The number of hydrogen-bond donors (Lipinski definition) is 2. The first-order valence-electron chi connectivity index (χ1n) is 9.08. The molecule has 5 nitrogen and oxygen atoms in total. The third-order valence-corrected chi connectivity index (χ3v) is 4.37. The lowest BCUT2D eigenvalue weighted by Crippen LogP contribution is -2.19. The van der Waals surface area contributed by atoms with Crippen molar-refractivity contribution in [2.75, 3.05) is 5.32 Å². The Morgan fingerprint density at radius 3 is 2.44 bits per heavy atom. The number of benzene rings is 1. The maximum atomic E-state index is 11.6. The zero-order chi connectivity index (χ0) is 18.4. The number of aromatic nitrogens is 2. The second kappa shape index (κ2) is 8.81. The van der Waals surface area contributed by atoms with Crippen LogP contribution in [0.4, 0.5) is 5.69 Å². The summed E-state index contributed by atoms with van der Waals surface area (Å²) in [6.07, 6.45) is 3.38. The number of hydrogen-bond acceptors (Lipinski definition) is 3. The van der Waals surface area contributed by atoms with E-state index >= 15 is 0 Å². The van der Waals surface area contributed by atoms with Crippen molar-refractivity contribution in [3.05, 3.63) is 47.3 Å². The van der Waals surface area contributed by atoms with E-state index in [-0.39, 0.29) is 11.9 Å². The van der Waals surface area contributed by atoms with Crippen molar-refractivity contribution in [1.29, 1.82) is 0 Å². The third kappa shape index (κ3) is 5.16. The quantitative estimate of drug-likeness (QED) is 0.749. The fourth-order valence-electron chi connectivity index (χ4n) is 2.92. The molecule has 0 bridgehead atoms. The lowest BCUT2D eigenvalue weighted by atomic mass is 10.1. The molecule has 0 saturated carbocycles. The molecule has 0 aliphatic carbocycles. The highest BCUT2D eigenvalue weighted by molar-refractivity contribution is 5.90. The largest absolute Gasteiger partial charge is 0.326 e. The monoisotopic (exact) mass is 342 g/mol. The number of rotatable bonds is 8. The van der Waals surface area contributed by atoms with Gasteiger partial charge in [-0.05, 0) is 51.8 Å². The number of nitrogens with one attached hydrogen (secondary N) is 2. The van der Waals surface area contributed by atoms with Crippen LogP contribution in [0, 0.1) is 6.92 Å². The van der Waals surface area contributed by atoms with E-state index in [0.29, 0.717) is 12.5 Å². The molecule has 0 fully saturated rings. The smallest absolute Gasteiger partial charge is 0.224 e. The summed E-state index contributed by atoms with van der Waals surface area (Å²) in [5.41, 5.74) is 4.49. The molecule has 0 aliphatic rings. The van der Waals surface area contributed by atoms with Gasteiger partial charge in [0.25, 0.3) is 0 Å². The van der Waals surface area contributed by atoms with Gasteiger partial charge in [0.1, 0.15) is 0 Å². The average Bonchev–Trinajstić information content (AvgIpc) is 2.96. The number of carbonyl (C=O) groups is 1. The summed E-state index contributed by atoms with van der Waals surface area (Å²) in [4.78, 5) is 11.6. The Morgan fingerprint density at radius 1 is 1.20 bits per heavy atom. The molecule has 0 aliphatic heterocycles. The van der Waals surface area contributed by atoms with Crippen LogP contribution in [0.2, 0.25) is 0 Å². The normalized spacial score (nSPS) is 12.4. The Balaban J connectivity index is 1.91. The predicted octanol–water partition coefficient (Wildman–Crippen LogP) is 4.36. The minimum absolute atomic E-state index is 0.0691. The van der Waals surface area contributed by atoms with Gasteiger partial charge in [-0.15, -0.1) is 0 Å². The van der Waals surface area contributed by atoms with Crippen molar-refractivity contribution >= 4 is 11.6 Å². The van der Waals surface area contributed by atoms with Crippen LogP contribution in [0.15, 0.2) is 30.5 Å². The first-order chi connectivity index (χ1) is 11.9. The Hall–Kier alpha value is -2.14. The van der Waals surface area contributed by atoms with Crippen LogP contribution in [0.5, 0.6) is 0 Å². The molecule has 2 rings (SSSR count). The van der Waals surface area contributed by atoms with Crippen LogP contribution in [-0.4, -0.2) is 15.7 Å². The van der Waals surface area contributed by atoms with Gasteiger partial charge in [0.15, 0.2) is 0 Å². The molecule has 25 heavy (non-hydrogen) atoms. The number of nitrogens with zero attached hydrogens (tertiary/aromatic N) is 2. The van der Waals surface area contributed by atoms with E-state index in [1.807, 2.05) is 37.4 Å². The number of amides is 1. The summed E-state index contributed by atoms with van der Waals surface area (Å²) in [5.74, 6) is 0.0691. The van der Waals surface area contributed by atoms with E-state index in [1.54, 1.807) is 0 Å². The van der Waals surface area contributed by atoms with Gasteiger partial charge in [0, 0.05) is 42.0 Å². The summed E-state index contributed by atoms with van der Waals surface area (Å²) >= 11 is 0. The second-order valence-electron chi connectivity index (χ2n) is 6.82. The Bertz CT molecular complexity index is 688. The number of anilines is 1. The van der Waals surface area contributed by atoms with Crippen LogP contribution in [0.25, 0.3) is 0 Å². The van der Waals surface area contributed by atoms with Gasteiger partial charge in [-0.2, -0.15) is 5.10 Å². The van der Waals surface area contributed by atoms with Crippen molar-refractivity contribution in [3.8, 4) is 0 Å². The van der Waals surface area contributed by atoms with Crippen LogP contribution in [0.3, 0.4) is 0 Å². The molecule has 1 aromatic heterocycles. The zero-order valence-corrected chi connectivity index (χ0v) is 16.0. The fraction of sp³-hybridized carbons (Fsp3) is 0.500. The molecule has 1 heterocycles. The van der Waals surface area contributed by atoms with Gasteiger partial charge in [-0.3, -0.25) is 9.48 Å². The highest BCUT2D eigenvalue weighted by Crippen LogP contribution is 2.20. The maximum absolute atomic E-state index is 11.6.